The lowest BCUT2D eigenvalue weighted by molar-refractivity contribution is 0.102. The summed E-state index contributed by atoms with van der Waals surface area (Å²) in [7, 11) is 0. The average Bonchev–Trinajstić information content (AvgIpc) is 3.29. The Morgan fingerprint density at radius 2 is 1.96 bits per heavy atom. The van der Waals surface area contributed by atoms with Gasteiger partial charge in [0.25, 0.3) is 5.91 Å². The number of nitrogens with zero attached hydrogens (tertiary/aromatic N) is 3. The van der Waals surface area contributed by atoms with Gasteiger partial charge in [0.2, 0.25) is 5.13 Å². The van der Waals surface area contributed by atoms with Crippen LogP contribution in [-0.2, 0) is 0 Å². The fraction of sp³-hybridized carbons (Fsp3) is 0.0500. The molecule has 0 spiro atoms. The van der Waals surface area contributed by atoms with E-state index in [2.05, 4.69) is 15.4 Å². The Balaban J connectivity index is 1.67. The highest BCUT2D eigenvalue weighted by molar-refractivity contribution is 7.12. The molecule has 0 fully saturated rings. The number of aryl methyl sites for hydroxylation is 1. The molecule has 0 saturated carbocycles. The lowest BCUT2D eigenvalue weighted by Crippen LogP contribution is -2.17. The van der Waals surface area contributed by atoms with Crippen LogP contribution in [0.5, 0.6) is 0 Å². The van der Waals surface area contributed by atoms with Gasteiger partial charge in [-0.25, -0.2) is 9.37 Å². The number of hydrogen-bond acceptors (Lipinski definition) is 4. The molecule has 0 atom stereocenters. The van der Waals surface area contributed by atoms with E-state index in [1.165, 1.54) is 34.2 Å². The van der Waals surface area contributed by atoms with Gasteiger partial charge in [0, 0.05) is 17.0 Å². The summed E-state index contributed by atoms with van der Waals surface area (Å²) in [5.41, 5.74) is 2.27. The van der Waals surface area contributed by atoms with Crippen molar-refractivity contribution >= 4 is 34.7 Å². The molecule has 4 aromatic rings. The van der Waals surface area contributed by atoms with Crippen molar-refractivity contribution in [1.29, 1.82) is 0 Å². The highest BCUT2D eigenvalue weighted by Gasteiger charge is 2.19. The second-order valence-electron chi connectivity index (χ2n) is 6.01. The van der Waals surface area contributed by atoms with Crippen LogP contribution in [-0.4, -0.2) is 20.7 Å². The van der Waals surface area contributed by atoms with Crippen molar-refractivity contribution in [3.63, 3.8) is 0 Å². The number of halogens is 2. The molecule has 2 heterocycles. The minimum Gasteiger partial charge on any atom is -0.306 e. The number of carbonyl (C=O) groups is 1. The van der Waals surface area contributed by atoms with Gasteiger partial charge in [0.1, 0.15) is 11.6 Å². The molecular formula is C20H14ClFN4OS. The van der Waals surface area contributed by atoms with E-state index in [0.717, 1.165) is 11.3 Å². The molecule has 0 aliphatic rings. The maximum absolute atomic E-state index is 14.0. The van der Waals surface area contributed by atoms with Crippen molar-refractivity contribution in [2.45, 2.75) is 6.92 Å². The smallest absolute Gasteiger partial charge is 0.261 e. The van der Waals surface area contributed by atoms with Crippen molar-refractivity contribution in [3.8, 4) is 16.4 Å². The average molecular weight is 413 g/mol. The van der Waals surface area contributed by atoms with Gasteiger partial charge in [-0.15, -0.1) is 11.3 Å². The van der Waals surface area contributed by atoms with Crippen LogP contribution in [0.2, 0.25) is 5.02 Å². The quantitative estimate of drug-likeness (QED) is 0.491. The predicted molar refractivity (Wildman–Crippen MR) is 109 cm³/mol. The number of amides is 1. The summed E-state index contributed by atoms with van der Waals surface area (Å²) in [4.78, 5) is 17.2. The van der Waals surface area contributed by atoms with E-state index < -0.39 is 11.7 Å². The molecule has 8 heteroatoms. The van der Waals surface area contributed by atoms with Crippen molar-refractivity contribution < 1.29 is 9.18 Å². The first-order valence-corrected chi connectivity index (χ1v) is 9.62. The summed E-state index contributed by atoms with van der Waals surface area (Å²) in [5, 5.41) is 9.63. The molecule has 0 aliphatic carbocycles. The summed E-state index contributed by atoms with van der Waals surface area (Å²) < 4.78 is 15.6. The van der Waals surface area contributed by atoms with Crippen molar-refractivity contribution in [1.82, 2.24) is 14.8 Å². The highest BCUT2D eigenvalue weighted by Crippen LogP contribution is 2.27. The van der Waals surface area contributed by atoms with Crippen LogP contribution in [0.1, 0.15) is 16.1 Å². The van der Waals surface area contributed by atoms with Crippen molar-refractivity contribution in [3.05, 3.63) is 82.1 Å². The van der Waals surface area contributed by atoms with Crippen molar-refractivity contribution in [2.24, 2.45) is 0 Å². The summed E-state index contributed by atoms with van der Waals surface area (Å²) in [6.07, 6.45) is 0. The van der Waals surface area contributed by atoms with Gasteiger partial charge in [-0.1, -0.05) is 48.0 Å². The Bertz CT molecular complexity index is 1140. The third kappa shape index (κ3) is 3.54. The number of rotatable bonds is 4. The molecule has 0 unspecified atom stereocenters. The van der Waals surface area contributed by atoms with Gasteiger partial charge < -0.3 is 5.32 Å². The van der Waals surface area contributed by atoms with Gasteiger partial charge >= 0.3 is 0 Å². The first kappa shape index (κ1) is 18.3. The minimum atomic E-state index is -0.687. The zero-order valence-corrected chi connectivity index (χ0v) is 16.3. The second kappa shape index (κ2) is 7.53. The predicted octanol–water partition coefficient (Wildman–Crippen LogP) is 5.35. The van der Waals surface area contributed by atoms with Crippen LogP contribution in [0.4, 0.5) is 10.2 Å². The van der Waals surface area contributed by atoms with Gasteiger partial charge in [-0.3, -0.25) is 4.79 Å². The van der Waals surface area contributed by atoms with Crippen LogP contribution >= 0.6 is 22.9 Å². The second-order valence-corrected chi connectivity index (χ2v) is 7.26. The van der Waals surface area contributed by atoms with Crippen LogP contribution in [0.15, 0.2) is 60.0 Å². The first-order valence-electron chi connectivity index (χ1n) is 8.36. The van der Waals surface area contributed by atoms with Crippen molar-refractivity contribution in [2.75, 3.05) is 5.32 Å². The SMILES string of the molecule is Cc1cc(NC(=O)c2c(F)cccc2Cl)n(-c2nc(-c3ccccc3)cs2)n1. The van der Waals surface area contributed by atoms with Gasteiger partial charge in [0.15, 0.2) is 0 Å². The lowest BCUT2D eigenvalue weighted by atomic mass is 10.2. The fourth-order valence-electron chi connectivity index (χ4n) is 2.73. The van der Waals surface area contributed by atoms with Crippen LogP contribution in [0.25, 0.3) is 16.4 Å². The Hall–Kier alpha value is -3.03. The molecule has 0 bridgehead atoms. The number of carbonyl (C=O) groups excluding carboxylic acids is 1. The summed E-state index contributed by atoms with van der Waals surface area (Å²) in [6.45, 7) is 1.80. The van der Waals surface area contributed by atoms with Gasteiger partial charge in [0.05, 0.1) is 22.0 Å². The van der Waals surface area contributed by atoms with Crippen LogP contribution in [0, 0.1) is 12.7 Å². The Labute approximate surface area is 169 Å². The maximum Gasteiger partial charge on any atom is 0.261 e. The maximum atomic E-state index is 14.0. The number of thiazole rings is 1. The summed E-state index contributed by atoms with van der Waals surface area (Å²) in [6, 6.07) is 15.6. The standard InChI is InChI=1S/C20H14ClFN4OS/c1-12-10-17(24-19(27)18-14(21)8-5-9-15(18)22)26(25-12)20-23-16(11-28-20)13-6-3-2-4-7-13/h2-11H,1H3,(H,24,27). The fourth-order valence-corrected chi connectivity index (χ4v) is 3.78. The molecule has 0 radical (unpaired) electrons. The number of benzene rings is 2. The zero-order chi connectivity index (χ0) is 19.7. The van der Waals surface area contributed by atoms with E-state index in [-0.39, 0.29) is 10.6 Å². The minimum absolute atomic E-state index is 0.0425. The third-order valence-electron chi connectivity index (χ3n) is 4.01. The Morgan fingerprint density at radius 3 is 2.71 bits per heavy atom. The van der Waals surface area contributed by atoms with Gasteiger partial charge in [-0.05, 0) is 19.1 Å². The Morgan fingerprint density at radius 1 is 1.18 bits per heavy atom. The molecule has 2 aromatic carbocycles. The molecule has 0 saturated heterocycles. The topological polar surface area (TPSA) is 59.8 Å². The summed E-state index contributed by atoms with van der Waals surface area (Å²) in [5.74, 6) is -0.951. The monoisotopic (exact) mass is 412 g/mol. The van der Waals surface area contributed by atoms with E-state index in [0.29, 0.717) is 16.6 Å². The van der Waals surface area contributed by atoms with E-state index in [1.807, 2.05) is 35.7 Å². The number of anilines is 1. The van der Waals surface area contributed by atoms with Crippen LogP contribution < -0.4 is 5.32 Å². The molecular weight excluding hydrogens is 399 g/mol. The largest absolute Gasteiger partial charge is 0.306 e. The zero-order valence-electron chi connectivity index (χ0n) is 14.7. The molecule has 0 aliphatic heterocycles. The number of nitrogens with one attached hydrogen (secondary N) is 1. The highest BCUT2D eigenvalue weighted by atomic mass is 35.5. The molecule has 5 nitrogen and oxygen atoms in total. The molecule has 140 valence electrons. The van der Waals surface area contributed by atoms with E-state index in [9.17, 15) is 9.18 Å². The molecule has 4 rings (SSSR count). The third-order valence-corrected chi connectivity index (χ3v) is 5.14. The molecule has 28 heavy (non-hydrogen) atoms. The van der Waals surface area contributed by atoms with Crippen LogP contribution in [0.3, 0.4) is 0 Å². The first-order chi connectivity index (χ1) is 13.5. The molecule has 1 N–H and O–H groups in total. The summed E-state index contributed by atoms with van der Waals surface area (Å²) >= 11 is 7.38. The number of hydrogen-bond donors (Lipinski definition) is 1. The molecule has 2 aromatic heterocycles. The van der Waals surface area contributed by atoms with E-state index in [4.69, 9.17) is 11.6 Å². The molecule has 1 amide bonds. The number of aromatic nitrogens is 3. The van der Waals surface area contributed by atoms with Gasteiger partial charge in [-0.2, -0.15) is 9.78 Å². The Kier molecular flexibility index (Phi) is 4.93. The lowest BCUT2D eigenvalue weighted by Gasteiger charge is -2.08. The van der Waals surface area contributed by atoms with E-state index in [1.54, 1.807) is 13.0 Å². The normalized spacial score (nSPS) is 10.8. The van der Waals surface area contributed by atoms with E-state index >= 15 is 0 Å².